The fourth-order valence-electron chi connectivity index (χ4n) is 5.12. The zero-order valence-corrected chi connectivity index (χ0v) is 19.5. The van der Waals surface area contributed by atoms with Gasteiger partial charge in [-0.15, -0.1) is 0 Å². The summed E-state index contributed by atoms with van der Waals surface area (Å²) in [6, 6.07) is 17.6. The van der Waals surface area contributed by atoms with Crippen LogP contribution in [0.1, 0.15) is 47.3 Å². The third-order valence-corrected chi connectivity index (χ3v) is 7.02. The SMILES string of the molecule is Cn1nc(NC(=O)OCC2c3ccccc3-c3ccccc32)cc1C(=O)N1CCC[C@]1(C)C(=O)O. The lowest BCUT2D eigenvalue weighted by Gasteiger charge is -2.31. The minimum atomic E-state index is -1.26. The average molecular weight is 475 g/mol. The smallest absolute Gasteiger partial charge is 0.412 e. The van der Waals surface area contributed by atoms with Crippen molar-refractivity contribution in [2.24, 2.45) is 7.05 Å². The lowest BCUT2D eigenvalue weighted by molar-refractivity contribution is -0.147. The molecule has 1 aromatic heterocycles. The Kier molecular flexibility index (Phi) is 5.55. The third-order valence-electron chi connectivity index (χ3n) is 7.02. The number of carboxylic acids is 1. The van der Waals surface area contributed by atoms with Crippen molar-refractivity contribution >= 4 is 23.8 Å². The van der Waals surface area contributed by atoms with Gasteiger partial charge < -0.3 is 14.7 Å². The number of hydrogen-bond acceptors (Lipinski definition) is 5. The van der Waals surface area contributed by atoms with Gasteiger partial charge in [0.2, 0.25) is 0 Å². The number of fused-ring (bicyclic) bond motifs is 3. The van der Waals surface area contributed by atoms with Gasteiger partial charge in [0.25, 0.3) is 5.91 Å². The molecule has 2 heterocycles. The van der Waals surface area contributed by atoms with Crippen LogP contribution in [0.25, 0.3) is 11.1 Å². The molecule has 180 valence electrons. The normalized spacial score (nSPS) is 18.7. The first-order valence-electron chi connectivity index (χ1n) is 11.5. The Morgan fingerprint density at radius 2 is 1.74 bits per heavy atom. The molecule has 0 spiro atoms. The molecule has 0 saturated carbocycles. The number of rotatable bonds is 5. The molecule has 2 aromatic carbocycles. The Labute approximate surface area is 202 Å². The molecule has 2 aliphatic rings. The monoisotopic (exact) mass is 474 g/mol. The van der Waals surface area contributed by atoms with Gasteiger partial charge in [-0.25, -0.2) is 9.59 Å². The van der Waals surface area contributed by atoms with Gasteiger partial charge >= 0.3 is 12.1 Å². The van der Waals surface area contributed by atoms with Gasteiger partial charge in [-0.2, -0.15) is 5.10 Å². The van der Waals surface area contributed by atoms with Crippen LogP contribution in [0.5, 0.6) is 0 Å². The van der Waals surface area contributed by atoms with Crippen molar-refractivity contribution in [2.75, 3.05) is 18.5 Å². The van der Waals surface area contributed by atoms with Crippen LogP contribution in [0, 0.1) is 0 Å². The average Bonchev–Trinajstić information content (AvgIpc) is 3.51. The number of carboxylic acid groups (broad SMARTS) is 1. The van der Waals surface area contributed by atoms with E-state index in [1.54, 1.807) is 14.0 Å². The maximum Gasteiger partial charge on any atom is 0.412 e. The van der Waals surface area contributed by atoms with Gasteiger partial charge in [-0.1, -0.05) is 48.5 Å². The number of nitrogens with one attached hydrogen (secondary N) is 1. The van der Waals surface area contributed by atoms with Gasteiger partial charge in [0.1, 0.15) is 17.8 Å². The quantitative estimate of drug-likeness (QED) is 0.581. The number of likely N-dealkylation sites (tertiary alicyclic amines) is 1. The molecular formula is C26H26N4O5. The molecular weight excluding hydrogens is 448 g/mol. The zero-order valence-electron chi connectivity index (χ0n) is 19.5. The van der Waals surface area contributed by atoms with Gasteiger partial charge in [0.05, 0.1) is 0 Å². The summed E-state index contributed by atoms with van der Waals surface area (Å²) < 4.78 is 6.88. The second kappa shape index (κ2) is 8.57. The van der Waals surface area contributed by atoms with Gasteiger partial charge in [0.15, 0.2) is 5.82 Å². The summed E-state index contributed by atoms with van der Waals surface area (Å²) >= 11 is 0. The molecule has 3 aromatic rings. The van der Waals surface area contributed by atoms with Crippen molar-refractivity contribution < 1.29 is 24.2 Å². The molecule has 2 N–H and O–H groups in total. The molecule has 1 atom stereocenters. The predicted octanol–water partition coefficient (Wildman–Crippen LogP) is 3.86. The van der Waals surface area contributed by atoms with Crippen LogP contribution in [0.15, 0.2) is 54.6 Å². The van der Waals surface area contributed by atoms with E-state index in [1.807, 2.05) is 36.4 Å². The molecule has 1 saturated heterocycles. The maximum absolute atomic E-state index is 13.1. The second-order valence-electron chi connectivity index (χ2n) is 9.13. The lowest BCUT2D eigenvalue weighted by atomic mass is 9.98. The van der Waals surface area contributed by atoms with E-state index in [0.717, 1.165) is 22.3 Å². The molecule has 0 radical (unpaired) electrons. The number of ether oxygens (including phenoxy) is 1. The number of hydrogen-bond donors (Lipinski definition) is 2. The summed E-state index contributed by atoms with van der Waals surface area (Å²) in [6.07, 6.45) is 0.314. The summed E-state index contributed by atoms with van der Waals surface area (Å²) in [4.78, 5) is 38.8. The number of aromatic nitrogens is 2. The van der Waals surface area contributed by atoms with E-state index >= 15 is 0 Å². The second-order valence-corrected chi connectivity index (χ2v) is 9.13. The highest BCUT2D eigenvalue weighted by molar-refractivity contribution is 5.98. The molecule has 0 unspecified atom stereocenters. The van der Waals surface area contributed by atoms with Crippen molar-refractivity contribution in [3.05, 3.63) is 71.4 Å². The summed E-state index contributed by atoms with van der Waals surface area (Å²) in [5.74, 6) is -1.40. The van der Waals surface area contributed by atoms with Gasteiger partial charge in [0, 0.05) is 25.6 Å². The zero-order chi connectivity index (χ0) is 24.7. The summed E-state index contributed by atoms with van der Waals surface area (Å²) in [5.41, 5.74) is 3.43. The topological polar surface area (TPSA) is 114 Å². The van der Waals surface area contributed by atoms with Crippen molar-refractivity contribution in [2.45, 2.75) is 31.2 Å². The van der Waals surface area contributed by atoms with E-state index < -0.39 is 23.5 Å². The summed E-state index contributed by atoms with van der Waals surface area (Å²) in [7, 11) is 1.57. The van der Waals surface area contributed by atoms with Crippen LogP contribution in [0.2, 0.25) is 0 Å². The number of anilines is 1. The van der Waals surface area contributed by atoms with Crippen LogP contribution in [-0.4, -0.2) is 56.4 Å². The number of aryl methyl sites for hydroxylation is 1. The Bertz CT molecular complexity index is 1290. The fourth-order valence-corrected chi connectivity index (χ4v) is 5.12. The van der Waals surface area contributed by atoms with Crippen molar-refractivity contribution in [1.29, 1.82) is 0 Å². The van der Waals surface area contributed by atoms with E-state index in [1.165, 1.54) is 15.6 Å². The Morgan fingerprint density at radius 3 is 2.37 bits per heavy atom. The Morgan fingerprint density at radius 1 is 1.11 bits per heavy atom. The van der Waals surface area contributed by atoms with Crippen LogP contribution in [-0.2, 0) is 16.6 Å². The third kappa shape index (κ3) is 3.82. The van der Waals surface area contributed by atoms with Crippen molar-refractivity contribution in [1.82, 2.24) is 14.7 Å². The highest BCUT2D eigenvalue weighted by atomic mass is 16.5. The molecule has 9 nitrogen and oxygen atoms in total. The number of aliphatic carboxylic acids is 1. The van der Waals surface area contributed by atoms with Crippen molar-refractivity contribution in [3.63, 3.8) is 0 Å². The fraction of sp³-hybridized carbons (Fsp3) is 0.308. The predicted molar refractivity (Wildman–Crippen MR) is 128 cm³/mol. The van der Waals surface area contributed by atoms with Crippen LogP contribution in [0.4, 0.5) is 10.6 Å². The Balaban J connectivity index is 1.27. The first-order valence-corrected chi connectivity index (χ1v) is 11.5. The number of amides is 2. The van der Waals surface area contributed by atoms with Gasteiger partial charge in [-0.3, -0.25) is 14.8 Å². The summed E-state index contributed by atoms with van der Waals surface area (Å²) in [5, 5.41) is 16.4. The number of carbonyl (C=O) groups is 3. The number of carbonyl (C=O) groups excluding carboxylic acids is 2. The standard InChI is InChI=1S/C26H26N4O5/c1-26(24(32)33)12-7-13-30(26)23(31)21-14-22(28-29(21)2)27-25(34)35-15-20-18-10-5-3-8-16(18)17-9-4-6-11-19(17)20/h3-6,8-11,14,20H,7,12-13,15H2,1-2H3,(H,32,33)(H,27,28,34)/t26-/m1/s1. The highest BCUT2D eigenvalue weighted by Gasteiger charge is 2.46. The molecule has 1 aliphatic heterocycles. The van der Waals surface area contributed by atoms with Crippen molar-refractivity contribution in [3.8, 4) is 11.1 Å². The van der Waals surface area contributed by atoms with Crippen LogP contribution >= 0.6 is 0 Å². The maximum atomic E-state index is 13.1. The highest BCUT2D eigenvalue weighted by Crippen LogP contribution is 2.44. The minimum absolute atomic E-state index is 0.0714. The molecule has 0 bridgehead atoms. The first kappa shape index (κ1) is 22.6. The molecule has 5 rings (SSSR count). The number of benzene rings is 2. The molecule has 1 aliphatic carbocycles. The van der Waals surface area contributed by atoms with E-state index in [9.17, 15) is 19.5 Å². The minimum Gasteiger partial charge on any atom is -0.480 e. The van der Waals surface area contributed by atoms with E-state index in [4.69, 9.17) is 4.74 Å². The van der Waals surface area contributed by atoms with Crippen LogP contribution in [0.3, 0.4) is 0 Å². The molecule has 1 fully saturated rings. The first-order chi connectivity index (χ1) is 16.8. The van der Waals surface area contributed by atoms with E-state index in [-0.39, 0.29) is 24.0 Å². The molecule has 35 heavy (non-hydrogen) atoms. The number of nitrogens with zero attached hydrogens (tertiary/aromatic N) is 3. The van der Waals surface area contributed by atoms with Gasteiger partial charge in [-0.05, 0) is 42.0 Å². The Hall–Kier alpha value is -4.14. The summed E-state index contributed by atoms with van der Waals surface area (Å²) in [6.45, 7) is 2.05. The molecule has 9 heteroatoms. The largest absolute Gasteiger partial charge is 0.480 e. The van der Waals surface area contributed by atoms with E-state index in [2.05, 4.69) is 22.5 Å². The lowest BCUT2D eigenvalue weighted by Crippen LogP contribution is -2.51. The van der Waals surface area contributed by atoms with E-state index in [0.29, 0.717) is 19.4 Å². The molecule has 2 amide bonds. The van der Waals surface area contributed by atoms with Crippen LogP contribution < -0.4 is 5.32 Å².